The Labute approximate surface area is 166 Å². The fourth-order valence-electron chi connectivity index (χ4n) is 3.60. The van der Waals surface area contributed by atoms with Crippen molar-refractivity contribution in [1.29, 1.82) is 0 Å². The molecule has 1 aromatic heterocycles. The Balaban J connectivity index is 1.86. The van der Waals surface area contributed by atoms with Crippen molar-refractivity contribution in [1.82, 2.24) is 4.57 Å². The molecule has 1 atom stereocenters. The number of carbonyl (C=O) groups is 1. The Bertz CT molecular complexity index is 868. The van der Waals surface area contributed by atoms with Gasteiger partial charge in [0.05, 0.1) is 13.0 Å². The van der Waals surface area contributed by atoms with Gasteiger partial charge in [-0.05, 0) is 47.2 Å². The van der Waals surface area contributed by atoms with Gasteiger partial charge in [-0.2, -0.15) is 0 Å². The van der Waals surface area contributed by atoms with Gasteiger partial charge in [-0.25, -0.2) is 0 Å². The van der Waals surface area contributed by atoms with Crippen LogP contribution in [-0.2, 0) is 22.7 Å². The van der Waals surface area contributed by atoms with E-state index in [2.05, 4.69) is 26.0 Å². The average molecular weight is 377 g/mol. The SMILES string of the molecule is COc1ccc(C(C(=O)OCn2cccc2)C(C)(C)Cc2ccccc2)cc1. The van der Waals surface area contributed by atoms with Gasteiger partial charge >= 0.3 is 5.97 Å². The van der Waals surface area contributed by atoms with Crippen LogP contribution in [0.2, 0.25) is 0 Å². The molecular formula is C24H27NO3. The number of benzene rings is 2. The second-order valence-corrected chi connectivity index (χ2v) is 7.65. The van der Waals surface area contributed by atoms with Gasteiger partial charge in [-0.3, -0.25) is 4.79 Å². The Kier molecular flexibility index (Phi) is 6.19. The monoisotopic (exact) mass is 377 g/mol. The lowest BCUT2D eigenvalue weighted by atomic mass is 9.71. The molecule has 3 rings (SSSR count). The highest BCUT2D eigenvalue weighted by molar-refractivity contribution is 5.79. The summed E-state index contributed by atoms with van der Waals surface area (Å²) in [7, 11) is 1.64. The highest BCUT2D eigenvalue weighted by Gasteiger charge is 2.38. The van der Waals surface area contributed by atoms with Gasteiger partial charge in [0.1, 0.15) is 5.75 Å². The molecule has 0 saturated carbocycles. The van der Waals surface area contributed by atoms with Gasteiger partial charge in [0, 0.05) is 12.4 Å². The van der Waals surface area contributed by atoms with Crippen molar-refractivity contribution in [2.45, 2.75) is 32.9 Å². The van der Waals surface area contributed by atoms with Crippen LogP contribution in [0, 0.1) is 5.41 Å². The maximum atomic E-state index is 13.2. The maximum Gasteiger partial charge on any atom is 0.315 e. The number of hydrogen-bond donors (Lipinski definition) is 0. The summed E-state index contributed by atoms with van der Waals surface area (Å²) in [4.78, 5) is 13.2. The Morgan fingerprint density at radius 3 is 2.21 bits per heavy atom. The molecule has 0 aliphatic carbocycles. The summed E-state index contributed by atoms with van der Waals surface area (Å²) < 4.78 is 12.8. The summed E-state index contributed by atoms with van der Waals surface area (Å²) in [6, 6.07) is 21.7. The topological polar surface area (TPSA) is 40.5 Å². The van der Waals surface area contributed by atoms with Crippen LogP contribution in [0.1, 0.15) is 30.9 Å². The van der Waals surface area contributed by atoms with E-state index in [-0.39, 0.29) is 18.1 Å². The number of nitrogens with zero attached hydrogens (tertiary/aromatic N) is 1. The van der Waals surface area contributed by atoms with Crippen molar-refractivity contribution in [2.24, 2.45) is 5.41 Å². The summed E-state index contributed by atoms with van der Waals surface area (Å²) in [5, 5.41) is 0. The van der Waals surface area contributed by atoms with Crippen LogP contribution in [0.5, 0.6) is 5.75 Å². The van der Waals surface area contributed by atoms with Gasteiger partial charge in [0.15, 0.2) is 6.73 Å². The van der Waals surface area contributed by atoms with Crippen LogP contribution in [0.15, 0.2) is 79.1 Å². The smallest absolute Gasteiger partial charge is 0.315 e. The van der Waals surface area contributed by atoms with E-state index in [0.717, 1.165) is 17.7 Å². The normalized spacial score (nSPS) is 12.4. The third-order valence-electron chi connectivity index (χ3n) is 4.99. The molecule has 1 heterocycles. The summed E-state index contributed by atoms with van der Waals surface area (Å²) in [5.74, 6) is 0.151. The van der Waals surface area contributed by atoms with Gasteiger partial charge in [0.25, 0.3) is 0 Å². The van der Waals surface area contributed by atoms with Crippen molar-refractivity contribution >= 4 is 5.97 Å². The van der Waals surface area contributed by atoms with Gasteiger partial charge < -0.3 is 14.0 Å². The Morgan fingerprint density at radius 2 is 1.61 bits per heavy atom. The molecule has 3 aromatic rings. The molecular weight excluding hydrogens is 350 g/mol. The number of esters is 1. The molecule has 0 fully saturated rings. The Hall–Kier alpha value is -3.01. The number of ether oxygens (including phenoxy) is 2. The quantitative estimate of drug-likeness (QED) is 0.516. The standard InChI is InChI=1S/C24H27NO3/c1-24(2,17-19-9-5-4-6-10-19)22(20-11-13-21(27-3)14-12-20)23(26)28-18-25-15-7-8-16-25/h4-16,22H,17-18H2,1-3H3. The Morgan fingerprint density at radius 1 is 0.964 bits per heavy atom. The highest BCUT2D eigenvalue weighted by atomic mass is 16.5. The van der Waals surface area contributed by atoms with Gasteiger partial charge in [-0.1, -0.05) is 56.3 Å². The molecule has 1 unspecified atom stereocenters. The van der Waals surface area contributed by atoms with E-state index in [1.165, 1.54) is 5.56 Å². The molecule has 0 N–H and O–H groups in total. The molecule has 0 spiro atoms. The first kappa shape index (κ1) is 19.7. The third-order valence-corrected chi connectivity index (χ3v) is 4.99. The van der Waals surface area contributed by atoms with E-state index in [1.54, 1.807) is 7.11 Å². The fourth-order valence-corrected chi connectivity index (χ4v) is 3.60. The van der Waals surface area contributed by atoms with Crippen molar-refractivity contribution < 1.29 is 14.3 Å². The number of methoxy groups -OCH3 is 1. The summed E-state index contributed by atoms with van der Waals surface area (Å²) in [5.41, 5.74) is 1.80. The van der Waals surface area contributed by atoms with Crippen molar-refractivity contribution in [3.05, 3.63) is 90.3 Å². The molecule has 0 aliphatic rings. The summed E-state index contributed by atoms with van der Waals surface area (Å²) >= 11 is 0. The second kappa shape index (κ2) is 8.79. The minimum Gasteiger partial charge on any atom is -0.497 e. The molecule has 2 aromatic carbocycles. The van der Waals surface area contributed by atoms with E-state index in [4.69, 9.17) is 9.47 Å². The summed E-state index contributed by atoms with van der Waals surface area (Å²) in [6.45, 7) is 4.44. The number of hydrogen-bond acceptors (Lipinski definition) is 3. The largest absolute Gasteiger partial charge is 0.497 e. The minimum absolute atomic E-state index is 0.208. The number of rotatable bonds is 8. The van der Waals surface area contributed by atoms with Crippen LogP contribution < -0.4 is 4.74 Å². The second-order valence-electron chi connectivity index (χ2n) is 7.65. The van der Waals surface area contributed by atoms with Crippen molar-refractivity contribution in [2.75, 3.05) is 7.11 Å². The van der Waals surface area contributed by atoms with E-state index in [9.17, 15) is 4.79 Å². The predicted octanol–water partition coefficient (Wildman–Crippen LogP) is 5.05. The lowest BCUT2D eigenvalue weighted by Gasteiger charge is -2.33. The predicted molar refractivity (Wildman–Crippen MR) is 110 cm³/mol. The molecule has 0 amide bonds. The third kappa shape index (κ3) is 4.83. The zero-order chi connectivity index (χ0) is 20.0. The minimum atomic E-state index is -0.394. The van der Waals surface area contributed by atoms with E-state index < -0.39 is 5.92 Å². The fraction of sp³-hybridized carbons (Fsp3) is 0.292. The van der Waals surface area contributed by atoms with Gasteiger partial charge in [0.2, 0.25) is 0 Å². The van der Waals surface area contributed by atoms with Crippen LogP contribution in [0.3, 0.4) is 0 Å². The first-order valence-electron chi connectivity index (χ1n) is 9.45. The molecule has 146 valence electrons. The maximum absolute atomic E-state index is 13.2. The van der Waals surface area contributed by atoms with Crippen molar-refractivity contribution in [3.8, 4) is 5.75 Å². The average Bonchev–Trinajstić information content (AvgIpc) is 3.21. The van der Waals surface area contributed by atoms with Crippen LogP contribution in [0.4, 0.5) is 0 Å². The molecule has 28 heavy (non-hydrogen) atoms. The van der Waals surface area contributed by atoms with E-state index in [1.807, 2.05) is 71.6 Å². The zero-order valence-electron chi connectivity index (χ0n) is 16.7. The van der Waals surface area contributed by atoms with Gasteiger partial charge in [-0.15, -0.1) is 0 Å². The zero-order valence-corrected chi connectivity index (χ0v) is 16.7. The molecule has 4 nitrogen and oxygen atoms in total. The first-order valence-corrected chi connectivity index (χ1v) is 9.45. The van der Waals surface area contributed by atoms with E-state index in [0.29, 0.717) is 0 Å². The lowest BCUT2D eigenvalue weighted by Crippen LogP contribution is -2.32. The van der Waals surface area contributed by atoms with Crippen LogP contribution in [0.25, 0.3) is 0 Å². The lowest BCUT2D eigenvalue weighted by molar-refractivity contribution is -0.152. The van der Waals surface area contributed by atoms with Crippen LogP contribution in [-0.4, -0.2) is 17.6 Å². The van der Waals surface area contributed by atoms with Crippen LogP contribution >= 0.6 is 0 Å². The number of carbonyl (C=O) groups excluding carboxylic acids is 1. The molecule has 0 aliphatic heterocycles. The summed E-state index contributed by atoms with van der Waals surface area (Å²) in [6.07, 6.45) is 4.53. The molecule has 0 saturated heterocycles. The first-order chi connectivity index (χ1) is 13.5. The highest BCUT2D eigenvalue weighted by Crippen LogP contribution is 2.40. The van der Waals surface area contributed by atoms with E-state index >= 15 is 0 Å². The molecule has 4 heteroatoms. The van der Waals surface area contributed by atoms with Crippen molar-refractivity contribution in [3.63, 3.8) is 0 Å². The number of aromatic nitrogens is 1. The molecule has 0 radical (unpaired) electrons. The molecule has 0 bridgehead atoms.